The molecule has 0 spiro atoms. The summed E-state index contributed by atoms with van der Waals surface area (Å²) in [5, 5.41) is 12.1. The molecule has 4 nitrogen and oxygen atoms in total. The smallest absolute Gasteiger partial charge is 0.224 e. The highest BCUT2D eigenvalue weighted by molar-refractivity contribution is 5.90. The quantitative estimate of drug-likeness (QED) is 0.773. The largest absolute Gasteiger partial charge is 0.508 e. The molecule has 1 aromatic carbocycles. The summed E-state index contributed by atoms with van der Waals surface area (Å²) in [7, 11) is 1.63. The Hall–Kier alpha value is -1.55. The van der Waals surface area contributed by atoms with E-state index in [0.29, 0.717) is 18.5 Å². The third-order valence-corrected chi connectivity index (χ3v) is 2.66. The fourth-order valence-corrected chi connectivity index (χ4v) is 1.41. The molecular formula is C13H19NO3. The summed E-state index contributed by atoms with van der Waals surface area (Å²) in [6.07, 6.45) is 1.20. The van der Waals surface area contributed by atoms with Gasteiger partial charge in [0, 0.05) is 19.2 Å². The van der Waals surface area contributed by atoms with Gasteiger partial charge in [0.2, 0.25) is 5.91 Å². The molecule has 2 N–H and O–H groups in total. The summed E-state index contributed by atoms with van der Waals surface area (Å²) in [5.74, 6) is 0.190. The summed E-state index contributed by atoms with van der Waals surface area (Å²) >= 11 is 0. The second kappa shape index (κ2) is 6.25. The van der Waals surface area contributed by atoms with Crippen molar-refractivity contribution in [3.8, 4) is 5.75 Å². The van der Waals surface area contributed by atoms with Crippen LogP contribution in [0.1, 0.15) is 25.3 Å². The van der Waals surface area contributed by atoms with Gasteiger partial charge in [-0.05, 0) is 44.0 Å². The number of aryl methyl sites for hydroxylation is 1. The third-order valence-electron chi connectivity index (χ3n) is 2.66. The number of aromatic hydroxyl groups is 1. The standard InChI is InChI=1S/C13H19NO3/c1-9-8-11(5-6-12(9)15)14-13(16)7-4-10(2)17-3/h5-6,8,10,15H,4,7H2,1-3H3,(H,14,16). The second-order valence-electron chi connectivity index (χ2n) is 4.13. The lowest BCUT2D eigenvalue weighted by Crippen LogP contribution is -2.15. The average molecular weight is 237 g/mol. The Bertz CT molecular complexity index is 390. The molecule has 0 aromatic heterocycles. The number of carbonyl (C=O) groups excluding carboxylic acids is 1. The lowest BCUT2D eigenvalue weighted by atomic mass is 10.2. The van der Waals surface area contributed by atoms with E-state index in [1.165, 1.54) is 0 Å². The molecule has 1 aromatic rings. The van der Waals surface area contributed by atoms with Gasteiger partial charge in [0.05, 0.1) is 6.10 Å². The zero-order valence-electron chi connectivity index (χ0n) is 10.5. The number of carbonyl (C=O) groups is 1. The predicted molar refractivity (Wildman–Crippen MR) is 67.2 cm³/mol. The second-order valence-corrected chi connectivity index (χ2v) is 4.13. The summed E-state index contributed by atoms with van der Waals surface area (Å²) < 4.78 is 5.07. The minimum absolute atomic E-state index is 0.0426. The minimum atomic E-state index is -0.0426. The van der Waals surface area contributed by atoms with Crippen molar-refractivity contribution in [2.24, 2.45) is 0 Å². The van der Waals surface area contributed by atoms with E-state index in [-0.39, 0.29) is 17.8 Å². The first-order valence-corrected chi connectivity index (χ1v) is 5.65. The van der Waals surface area contributed by atoms with Crippen molar-refractivity contribution in [3.63, 3.8) is 0 Å². The number of anilines is 1. The molecule has 0 radical (unpaired) electrons. The number of hydrogen-bond acceptors (Lipinski definition) is 3. The molecule has 94 valence electrons. The molecule has 0 fully saturated rings. The summed E-state index contributed by atoms with van der Waals surface area (Å²) in [6.45, 7) is 3.72. The van der Waals surface area contributed by atoms with E-state index in [1.807, 2.05) is 6.92 Å². The molecule has 4 heteroatoms. The van der Waals surface area contributed by atoms with Crippen LogP contribution in [0.5, 0.6) is 5.75 Å². The molecule has 1 unspecified atom stereocenters. The highest BCUT2D eigenvalue weighted by Crippen LogP contribution is 2.20. The number of ether oxygens (including phenoxy) is 1. The van der Waals surface area contributed by atoms with E-state index in [2.05, 4.69) is 5.32 Å². The number of phenols is 1. The number of methoxy groups -OCH3 is 1. The van der Waals surface area contributed by atoms with Gasteiger partial charge >= 0.3 is 0 Å². The van der Waals surface area contributed by atoms with E-state index in [1.54, 1.807) is 32.2 Å². The van der Waals surface area contributed by atoms with Crippen molar-refractivity contribution in [3.05, 3.63) is 23.8 Å². The Morgan fingerprint density at radius 3 is 2.82 bits per heavy atom. The van der Waals surface area contributed by atoms with Crippen LogP contribution in [0.2, 0.25) is 0 Å². The third kappa shape index (κ3) is 4.44. The van der Waals surface area contributed by atoms with Gasteiger partial charge in [-0.15, -0.1) is 0 Å². The maximum Gasteiger partial charge on any atom is 0.224 e. The van der Waals surface area contributed by atoms with Crippen molar-refractivity contribution >= 4 is 11.6 Å². The van der Waals surface area contributed by atoms with Crippen LogP contribution in [0.15, 0.2) is 18.2 Å². The molecular weight excluding hydrogens is 218 g/mol. The molecule has 0 aliphatic heterocycles. The fraction of sp³-hybridized carbons (Fsp3) is 0.462. The van der Waals surface area contributed by atoms with Gasteiger partial charge in [-0.25, -0.2) is 0 Å². The van der Waals surface area contributed by atoms with Crippen molar-refractivity contribution in [1.82, 2.24) is 0 Å². The van der Waals surface area contributed by atoms with E-state index >= 15 is 0 Å². The fourth-order valence-electron chi connectivity index (χ4n) is 1.41. The zero-order valence-corrected chi connectivity index (χ0v) is 10.5. The van der Waals surface area contributed by atoms with Crippen molar-refractivity contribution in [2.45, 2.75) is 32.8 Å². The van der Waals surface area contributed by atoms with Crippen molar-refractivity contribution < 1.29 is 14.6 Å². The summed E-state index contributed by atoms with van der Waals surface area (Å²) in [4.78, 5) is 11.6. The highest BCUT2D eigenvalue weighted by Gasteiger charge is 2.06. The maximum absolute atomic E-state index is 11.6. The molecule has 1 amide bonds. The number of nitrogens with one attached hydrogen (secondary N) is 1. The molecule has 0 aliphatic rings. The first-order valence-electron chi connectivity index (χ1n) is 5.65. The van der Waals surface area contributed by atoms with Crippen molar-refractivity contribution in [1.29, 1.82) is 0 Å². The minimum Gasteiger partial charge on any atom is -0.508 e. The molecule has 0 heterocycles. The monoisotopic (exact) mass is 237 g/mol. The molecule has 0 saturated heterocycles. The first-order chi connectivity index (χ1) is 8.02. The van der Waals surface area contributed by atoms with Gasteiger partial charge < -0.3 is 15.2 Å². The van der Waals surface area contributed by atoms with Crippen molar-refractivity contribution in [2.75, 3.05) is 12.4 Å². The number of amides is 1. The topological polar surface area (TPSA) is 58.6 Å². The SMILES string of the molecule is COC(C)CCC(=O)Nc1ccc(O)c(C)c1. The molecule has 0 saturated carbocycles. The molecule has 1 atom stereocenters. The molecule has 0 bridgehead atoms. The highest BCUT2D eigenvalue weighted by atomic mass is 16.5. The lowest BCUT2D eigenvalue weighted by Gasteiger charge is -2.10. The van der Waals surface area contributed by atoms with E-state index in [4.69, 9.17) is 4.74 Å². The van der Waals surface area contributed by atoms with Crippen LogP contribution in [-0.4, -0.2) is 24.2 Å². The van der Waals surface area contributed by atoms with Gasteiger partial charge in [-0.1, -0.05) is 0 Å². The Morgan fingerprint density at radius 1 is 1.53 bits per heavy atom. The number of phenolic OH excluding ortho intramolecular Hbond substituents is 1. The van der Waals surface area contributed by atoms with Crippen LogP contribution < -0.4 is 5.32 Å². The number of hydrogen-bond donors (Lipinski definition) is 2. The van der Waals surface area contributed by atoms with Crippen LogP contribution in [0.3, 0.4) is 0 Å². The van der Waals surface area contributed by atoms with Gasteiger partial charge in [0.1, 0.15) is 5.75 Å². The Kier molecular flexibility index (Phi) is 4.97. The summed E-state index contributed by atoms with van der Waals surface area (Å²) in [5.41, 5.74) is 1.45. The van der Waals surface area contributed by atoms with Gasteiger partial charge in [-0.2, -0.15) is 0 Å². The van der Waals surface area contributed by atoms with Gasteiger partial charge in [-0.3, -0.25) is 4.79 Å². The van der Waals surface area contributed by atoms with E-state index in [0.717, 1.165) is 5.56 Å². The number of rotatable bonds is 5. The van der Waals surface area contributed by atoms with Gasteiger partial charge in [0.15, 0.2) is 0 Å². The van der Waals surface area contributed by atoms with Crippen LogP contribution in [0.25, 0.3) is 0 Å². The van der Waals surface area contributed by atoms with Crippen LogP contribution in [-0.2, 0) is 9.53 Å². The predicted octanol–water partition coefficient (Wildman–Crippen LogP) is 2.45. The Balaban J connectivity index is 2.48. The molecule has 17 heavy (non-hydrogen) atoms. The Morgan fingerprint density at radius 2 is 2.24 bits per heavy atom. The van der Waals surface area contributed by atoms with Crippen LogP contribution >= 0.6 is 0 Å². The van der Waals surface area contributed by atoms with E-state index < -0.39 is 0 Å². The van der Waals surface area contributed by atoms with Crippen LogP contribution in [0.4, 0.5) is 5.69 Å². The first kappa shape index (κ1) is 13.5. The normalized spacial score (nSPS) is 12.2. The summed E-state index contributed by atoms with van der Waals surface area (Å²) in [6, 6.07) is 5.00. The number of benzene rings is 1. The lowest BCUT2D eigenvalue weighted by molar-refractivity contribution is -0.116. The Labute approximate surface area is 102 Å². The molecule has 1 rings (SSSR count). The average Bonchev–Trinajstić information content (AvgIpc) is 2.31. The maximum atomic E-state index is 11.6. The van der Waals surface area contributed by atoms with Crippen LogP contribution in [0, 0.1) is 6.92 Å². The zero-order chi connectivity index (χ0) is 12.8. The molecule has 0 aliphatic carbocycles. The van der Waals surface area contributed by atoms with E-state index in [9.17, 15) is 9.90 Å². The van der Waals surface area contributed by atoms with Gasteiger partial charge in [0.25, 0.3) is 0 Å².